The first-order chi connectivity index (χ1) is 9.11. The highest BCUT2D eigenvalue weighted by molar-refractivity contribution is 5.61. The number of carbonyl (C=O) groups excluding carboxylic acids is 1. The molecule has 1 amide bonds. The van der Waals surface area contributed by atoms with Crippen LogP contribution in [0.15, 0.2) is 18.2 Å². The van der Waals surface area contributed by atoms with Crippen LogP contribution in [0.4, 0.5) is 15.8 Å². The van der Waals surface area contributed by atoms with Crippen molar-refractivity contribution in [2.24, 2.45) is 0 Å². The van der Waals surface area contributed by atoms with Gasteiger partial charge in [-0.2, -0.15) is 0 Å². The summed E-state index contributed by atoms with van der Waals surface area (Å²) in [6, 6.07) is 3.42. The Bertz CT molecular complexity index is 495. The van der Waals surface area contributed by atoms with Gasteiger partial charge in [-0.3, -0.25) is 14.9 Å². The lowest BCUT2D eigenvalue weighted by Gasteiger charge is -2.20. The molecule has 0 saturated carbocycles. The minimum Gasteiger partial charge on any atom is -0.377 e. The lowest BCUT2D eigenvalue weighted by atomic mass is 10.2. The van der Waals surface area contributed by atoms with Crippen molar-refractivity contribution in [2.45, 2.75) is 18.9 Å². The normalized spacial score (nSPS) is 18.4. The summed E-state index contributed by atoms with van der Waals surface area (Å²) in [6.07, 6.45) is 2.58. The average Bonchev–Trinajstić information content (AvgIpc) is 2.84. The number of benzene rings is 1. The predicted molar refractivity (Wildman–Crippen MR) is 67.3 cm³/mol. The van der Waals surface area contributed by atoms with Gasteiger partial charge in [-0.15, -0.1) is 0 Å². The molecule has 0 bridgehead atoms. The van der Waals surface area contributed by atoms with Gasteiger partial charge in [0.25, 0.3) is 5.69 Å². The number of nitrogens with zero attached hydrogens (tertiary/aromatic N) is 2. The Morgan fingerprint density at radius 2 is 2.37 bits per heavy atom. The van der Waals surface area contributed by atoms with Gasteiger partial charge in [-0.05, 0) is 25.0 Å². The minimum absolute atomic E-state index is 0.0298. The fourth-order valence-electron chi connectivity index (χ4n) is 2.25. The van der Waals surface area contributed by atoms with Crippen LogP contribution >= 0.6 is 0 Å². The second-order valence-corrected chi connectivity index (χ2v) is 4.44. The number of likely N-dealkylation sites (tertiary alicyclic amines) is 1. The van der Waals surface area contributed by atoms with Crippen LogP contribution in [0.25, 0.3) is 0 Å². The van der Waals surface area contributed by atoms with Crippen molar-refractivity contribution < 1.29 is 14.1 Å². The number of halogens is 1. The highest BCUT2D eigenvalue weighted by Crippen LogP contribution is 2.25. The zero-order valence-electron chi connectivity index (χ0n) is 10.2. The topological polar surface area (TPSA) is 75.5 Å². The van der Waals surface area contributed by atoms with Crippen molar-refractivity contribution in [3.8, 4) is 0 Å². The second kappa shape index (κ2) is 5.64. The molecule has 7 heteroatoms. The second-order valence-electron chi connectivity index (χ2n) is 4.44. The van der Waals surface area contributed by atoms with Gasteiger partial charge in [-0.1, -0.05) is 0 Å². The molecule has 1 fully saturated rings. The summed E-state index contributed by atoms with van der Waals surface area (Å²) in [4.78, 5) is 22.7. The molecule has 6 nitrogen and oxygen atoms in total. The number of hydrogen-bond donors (Lipinski definition) is 1. The van der Waals surface area contributed by atoms with E-state index in [4.69, 9.17) is 0 Å². The van der Waals surface area contributed by atoms with E-state index in [1.165, 1.54) is 12.1 Å². The van der Waals surface area contributed by atoms with E-state index in [2.05, 4.69) is 5.32 Å². The largest absolute Gasteiger partial charge is 0.377 e. The zero-order chi connectivity index (χ0) is 13.8. The van der Waals surface area contributed by atoms with Crippen LogP contribution in [0, 0.1) is 15.9 Å². The summed E-state index contributed by atoms with van der Waals surface area (Å²) < 4.78 is 13.0. The number of nitro groups is 1. The van der Waals surface area contributed by atoms with E-state index in [0.29, 0.717) is 13.1 Å². The third-order valence-corrected chi connectivity index (χ3v) is 3.24. The molecule has 1 aromatic rings. The Hall–Kier alpha value is -2.18. The maximum Gasteiger partial charge on any atom is 0.295 e. The van der Waals surface area contributed by atoms with E-state index in [9.17, 15) is 19.3 Å². The zero-order valence-corrected chi connectivity index (χ0v) is 10.2. The number of nitro benzene ring substituents is 1. The van der Waals surface area contributed by atoms with Gasteiger partial charge in [0.05, 0.1) is 11.0 Å². The summed E-state index contributed by atoms with van der Waals surface area (Å²) in [6.45, 7) is 1.13. The molecule has 1 saturated heterocycles. The molecule has 0 unspecified atom stereocenters. The van der Waals surface area contributed by atoms with Crippen molar-refractivity contribution in [2.75, 3.05) is 18.4 Å². The molecule has 1 aromatic carbocycles. The monoisotopic (exact) mass is 267 g/mol. The summed E-state index contributed by atoms with van der Waals surface area (Å²) in [7, 11) is 0. The van der Waals surface area contributed by atoms with Crippen LogP contribution in [-0.2, 0) is 4.79 Å². The third-order valence-electron chi connectivity index (χ3n) is 3.24. The number of hydrogen-bond acceptors (Lipinski definition) is 4. The lowest BCUT2D eigenvalue weighted by molar-refractivity contribution is -0.384. The molecule has 19 heavy (non-hydrogen) atoms. The van der Waals surface area contributed by atoms with Crippen LogP contribution in [0.1, 0.15) is 12.8 Å². The molecule has 1 aliphatic heterocycles. The highest BCUT2D eigenvalue weighted by atomic mass is 19.1. The molecule has 0 aliphatic carbocycles. The number of amides is 1. The smallest absolute Gasteiger partial charge is 0.295 e. The molecule has 0 spiro atoms. The van der Waals surface area contributed by atoms with Crippen molar-refractivity contribution in [1.29, 1.82) is 0 Å². The van der Waals surface area contributed by atoms with Crippen molar-refractivity contribution in [3.63, 3.8) is 0 Å². The molecule has 1 atom stereocenters. The molecule has 0 aromatic heterocycles. The Balaban J connectivity index is 2.07. The summed E-state index contributed by atoms with van der Waals surface area (Å²) in [5, 5.41) is 13.7. The van der Waals surface area contributed by atoms with Crippen molar-refractivity contribution in [3.05, 3.63) is 34.1 Å². The van der Waals surface area contributed by atoms with Gasteiger partial charge >= 0.3 is 0 Å². The molecule has 1 aliphatic rings. The van der Waals surface area contributed by atoms with Crippen LogP contribution < -0.4 is 5.32 Å². The van der Waals surface area contributed by atoms with E-state index in [-0.39, 0.29) is 17.4 Å². The standard InChI is InChI=1S/C12H14FN3O3/c13-9-3-4-11(12(6-9)16(18)19)14-7-10-2-1-5-15(10)8-17/h3-4,6,8,10,14H,1-2,5,7H2/t10-/m0/s1. The summed E-state index contributed by atoms with van der Waals surface area (Å²) in [5.41, 5.74) is -0.0280. The first-order valence-corrected chi connectivity index (χ1v) is 6.00. The fraction of sp³-hybridized carbons (Fsp3) is 0.417. The molecule has 1 N–H and O–H groups in total. The van der Waals surface area contributed by atoms with Gasteiger partial charge in [0.1, 0.15) is 11.5 Å². The van der Waals surface area contributed by atoms with Crippen LogP contribution in [0.2, 0.25) is 0 Å². The number of carbonyl (C=O) groups is 1. The quantitative estimate of drug-likeness (QED) is 0.501. The van der Waals surface area contributed by atoms with E-state index in [1.54, 1.807) is 4.90 Å². The number of anilines is 1. The lowest BCUT2D eigenvalue weighted by Crippen LogP contribution is -2.33. The van der Waals surface area contributed by atoms with Crippen LogP contribution in [-0.4, -0.2) is 35.4 Å². The van der Waals surface area contributed by atoms with Crippen LogP contribution in [0.3, 0.4) is 0 Å². The van der Waals surface area contributed by atoms with Crippen LogP contribution in [0.5, 0.6) is 0 Å². The SMILES string of the molecule is O=CN1CCC[C@H]1CNc1ccc(F)cc1[N+](=O)[O-]. The highest BCUT2D eigenvalue weighted by Gasteiger charge is 2.23. The van der Waals surface area contributed by atoms with E-state index in [1.807, 2.05) is 0 Å². The van der Waals surface area contributed by atoms with Gasteiger partial charge in [0.15, 0.2) is 0 Å². The van der Waals surface area contributed by atoms with Gasteiger partial charge in [0.2, 0.25) is 6.41 Å². The van der Waals surface area contributed by atoms with E-state index < -0.39 is 10.7 Å². The first kappa shape index (κ1) is 13.3. The molecular weight excluding hydrogens is 253 g/mol. The first-order valence-electron chi connectivity index (χ1n) is 6.00. The molecule has 0 radical (unpaired) electrons. The van der Waals surface area contributed by atoms with E-state index in [0.717, 1.165) is 25.3 Å². The molecule has 102 valence electrons. The Labute approximate surface area is 109 Å². The minimum atomic E-state index is -0.646. The number of rotatable bonds is 5. The van der Waals surface area contributed by atoms with Gasteiger partial charge in [0, 0.05) is 19.1 Å². The third kappa shape index (κ3) is 2.98. The predicted octanol–water partition coefficient (Wildman–Crippen LogP) is 1.77. The molecule has 2 rings (SSSR count). The Morgan fingerprint density at radius 3 is 3.05 bits per heavy atom. The Morgan fingerprint density at radius 1 is 1.58 bits per heavy atom. The number of nitrogens with one attached hydrogen (secondary N) is 1. The maximum absolute atomic E-state index is 13.0. The average molecular weight is 267 g/mol. The molecule has 1 heterocycles. The van der Waals surface area contributed by atoms with E-state index >= 15 is 0 Å². The Kier molecular flexibility index (Phi) is 3.94. The van der Waals surface area contributed by atoms with Crippen molar-refractivity contribution in [1.82, 2.24) is 4.90 Å². The maximum atomic E-state index is 13.0. The van der Waals surface area contributed by atoms with Gasteiger partial charge < -0.3 is 10.2 Å². The molecular formula is C12H14FN3O3. The summed E-state index contributed by atoms with van der Waals surface area (Å²) in [5.74, 6) is -0.646. The van der Waals surface area contributed by atoms with Crippen molar-refractivity contribution >= 4 is 17.8 Å². The summed E-state index contributed by atoms with van der Waals surface area (Å²) >= 11 is 0. The van der Waals surface area contributed by atoms with Gasteiger partial charge in [-0.25, -0.2) is 4.39 Å². The fourth-order valence-corrected chi connectivity index (χ4v) is 2.25.